The van der Waals surface area contributed by atoms with Crippen LogP contribution in [-0.2, 0) is 14.3 Å². The van der Waals surface area contributed by atoms with E-state index in [1.54, 1.807) is 19.1 Å². The van der Waals surface area contributed by atoms with Crippen molar-refractivity contribution in [2.45, 2.75) is 19.8 Å². The average molecular weight is 573 g/mol. The molecule has 0 radical (unpaired) electrons. The summed E-state index contributed by atoms with van der Waals surface area (Å²) in [6.45, 7) is 7.07. The van der Waals surface area contributed by atoms with Crippen molar-refractivity contribution in [1.29, 1.82) is 0 Å². The van der Waals surface area contributed by atoms with Gasteiger partial charge in [-0.1, -0.05) is 29.3 Å². The Kier molecular flexibility index (Phi) is 11.0. The van der Waals surface area contributed by atoms with E-state index in [4.69, 9.17) is 37.4 Å². The molecule has 0 aliphatic carbocycles. The maximum atomic E-state index is 12.3. The van der Waals surface area contributed by atoms with Gasteiger partial charge in [0.25, 0.3) is 5.91 Å². The van der Waals surface area contributed by atoms with Crippen molar-refractivity contribution >= 4 is 58.9 Å². The number of rotatable bonds is 10. The van der Waals surface area contributed by atoms with E-state index in [2.05, 4.69) is 9.80 Å². The number of fused-ring (bicyclic) bond motifs is 1. The molecule has 0 atom stereocenters. The van der Waals surface area contributed by atoms with Gasteiger partial charge in [0.1, 0.15) is 18.0 Å². The number of carbonyl (C=O) groups excluding carboxylic acids is 2. The molecule has 202 valence electrons. The third-order valence-corrected chi connectivity index (χ3v) is 7.06. The molecule has 8 nitrogen and oxygen atoms in total. The molecular weight excluding hydrogens is 541 g/mol. The standard InChI is InChI=1S/C26H31Cl2N3O5.ClH/c1-2-34-25(33)17-31-22-16-19(8-9-23(22)36-18-24(31)32)35-15-4-3-10-29-11-13-30(14-12-29)21-7-5-6-20(27)26(21)28;/h5-9,16H,2-4,10-15,17-18H2,1H3;1H. The Labute approximate surface area is 233 Å². The van der Waals surface area contributed by atoms with Crippen molar-refractivity contribution in [3.63, 3.8) is 0 Å². The molecule has 2 aromatic carbocycles. The second-order valence-electron chi connectivity index (χ2n) is 8.66. The van der Waals surface area contributed by atoms with Crippen LogP contribution in [0.3, 0.4) is 0 Å². The Balaban J connectivity index is 0.00000380. The summed E-state index contributed by atoms with van der Waals surface area (Å²) in [4.78, 5) is 30.4. The van der Waals surface area contributed by atoms with Gasteiger partial charge in [-0.05, 0) is 50.6 Å². The van der Waals surface area contributed by atoms with Crippen molar-refractivity contribution in [3.8, 4) is 11.5 Å². The number of nitrogens with zero attached hydrogens (tertiary/aromatic N) is 3. The van der Waals surface area contributed by atoms with Crippen LogP contribution in [0.1, 0.15) is 19.8 Å². The van der Waals surface area contributed by atoms with Gasteiger partial charge < -0.3 is 19.1 Å². The van der Waals surface area contributed by atoms with E-state index in [0.29, 0.717) is 33.8 Å². The van der Waals surface area contributed by atoms with E-state index in [1.165, 1.54) is 4.90 Å². The third-order valence-electron chi connectivity index (χ3n) is 6.25. The van der Waals surface area contributed by atoms with Gasteiger partial charge in [-0.15, -0.1) is 12.4 Å². The maximum Gasteiger partial charge on any atom is 0.326 e. The quantitative estimate of drug-likeness (QED) is 0.302. The summed E-state index contributed by atoms with van der Waals surface area (Å²) < 4.78 is 16.4. The fraction of sp³-hybridized carbons (Fsp3) is 0.462. The van der Waals surface area contributed by atoms with E-state index in [0.717, 1.165) is 51.3 Å². The zero-order chi connectivity index (χ0) is 25.5. The highest BCUT2D eigenvalue weighted by atomic mass is 35.5. The van der Waals surface area contributed by atoms with Crippen LogP contribution in [0.2, 0.25) is 10.0 Å². The lowest BCUT2D eigenvalue weighted by atomic mass is 10.2. The van der Waals surface area contributed by atoms with Gasteiger partial charge in [0.15, 0.2) is 6.61 Å². The van der Waals surface area contributed by atoms with Crippen molar-refractivity contribution in [2.24, 2.45) is 0 Å². The molecule has 2 aromatic rings. The van der Waals surface area contributed by atoms with E-state index < -0.39 is 5.97 Å². The van der Waals surface area contributed by atoms with Gasteiger partial charge in [-0.3, -0.25) is 19.4 Å². The number of hydrogen-bond acceptors (Lipinski definition) is 7. The van der Waals surface area contributed by atoms with Crippen molar-refractivity contribution < 1.29 is 23.8 Å². The van der Waals surface area contributed by atoms with E-state index in [9.17, 15) is 9.59 Å². The minimum atomic E-state index is -0.457. The monoisotopic (exact) mass is 571 g/mol. The Morgan fingerprint density at radius 1 is 1.05 bits per heavy atom. The number of benzene rings is 2. The largest absolute Gasteiger partial charge is 0.494 e. The smallest absolute Gasteiger partial charge is 0.326 e. The number of unbranched alkanes of at least 4 members (excludes halogenated alkanes) is 1. The van der Waals surface area contributed by atoms with Crippen LogP contribution in [0.4, 0.5) is 11.4 Å². The van der Waals surface area contributed by atoms with Crippen LogP contribution in [0, 0.1) is 0 Å². The number of anilines is 2. The van der Waals surface area contributed by atoms with Gasteiger partial charge in [0, 0.05) is 32.2 Å². The number of esters is 1. The molecule has 1 saturated heterocycles. The molecule has 1 amide bonds. The summed E-state index contributed by atoms with van der Waals surface area (Å²) in [5, 5.41) is 1.20. The minimum absolute atomic E-state index is 0. The molecule has 0 saturated carbocycles. The normalized spacial score (nSPS) is 15.5. The molecule has 0 aromatic heterocycles. The molecule has 1 fully saturated rings. The fourth-order valence-corrected chi connectivity index (χ4v) is 4.77. The first-order valence-electron chi connectivity index (χ1n) is 12.2. The maximum absolute atomic E-state index is 12.3. The predicted molar refractivity (Wildman–Crippen MR) is 148 cm³/mol. The first kappa shape index (κ1) is 29.2. The highest BCUT2D eigenvalue weighted by molar-refractivity contribution is 6.43. The Morgan fingerprint density at radius 2 is 1.84 bits per heavy atom. The van der Waals surface area contributed by atoms with Gasteiger partial charge in [-0.25, -0.2) is 0 Å². The van der Waals surface area contributed by atoms with E-state index in [-0.39, 0.29) is 38.1 Å². The third kappa shape index (κ3) is 7.57. The Morgan fingerprint density at radius 3 is 2.59 bits per heavy atom. The van der Waals surface area contributed by atoms with Gasteiger partial charge >= 0.3 is 5.97 Å². The zero-order valence-corrected chi connectivity index (χ0v) is 23.1. The number of piperazine rings is 1. The highest BCUT2D eigenvalue weighted by Gasteiger charge is 2.28. The highest BCUT2D eigenvalue weighted by Crippen LogP contribution is 2.35. The first-order valence-corrected chi connectivity index (χ1v) is 13.0. The molecular formula is C26H32Cl3N3O5. The lowest BCUT2D eigenvalue weighted by Gasteiger charge is -2.36. The summed E-state index contributed by atoms with van der Waals surface area (Å²) in [5.74, 6) is 0.435. The van der Waals surface area contributed by atoms with Crippen molar-refractivity contribution in [1.82, 2.24) is 4.90 Å². The molecule has 0 spiro atoms. The summed E-state index contributed by atoms with van der Waals surface area (Å²) in [7, 11) is 0. The Bertz CT molecular complexity index is 1080. The number of hydrogen-bond donors (Lipinski definition) is 0. The molecule has 4 rings (SSSR count). The lowest BCUT2D eigenvalue weighted by Crippen LogP contribution is -2.46. The fourth-order valence-electron chi connectivity index (χ4n) is 4.36. The summed E-state index contributed by atoms with van der Waals surface area (Å²) in [5.41, 5.74) is 1.52. The predicted octanol–water partition coefficient (Wildman–Crippen LogP) is 4.68. The van der Waals surface area contributed by atoms with Crippen LogP contribution in [0.25, 0.3) is 0 Å². The molecule has 2 aliphatic heterocycles. The topological polar surface area (TPSA) is 71.5 Å². The molecule has 2 heterocycles. The van der Waals surface area contributed by atoms with Crippen LogP contribution in [0.15, 0.2) is 36.4 Å². The summed E-state index contributed by atoms with van der Waals surface area (Å²) in [6, 6.07) is 11.1. The van der Waals surface area contributed by atoms with Gasteiger partial charge in [-0.2, -0.15) is 0 Å². The second-order valence-corrected chi connectivity index (χ2v) is 9.45. The average Bonchev–Trinajstić information content (AvgIpc) is 2.88. The second kappa shape index (κ2) is 14.0. The van der Waals surface area contributed by atoms with Crippen LogP contribution in [0.5, 0.6) is 11.5 Å². The van der Waals surface area contributed by atoms with Crippen molar-refractivity contribution in [2.75, 3.05) is 68.9 Å². The molecule has 0 bridgehead atoms. The van der Waals surface area contributed by atoms with E-state index >= 15 is 0 Å². The number of ether oxygens (including phenoxy) is 3. The number of halogens is 3. The molecule has 0 N–H and O–H groups in total. The van der Waals surface area contributed by atoms with Crippen LogP contribution < -0.4 is 19.3 Å². The van der Waals surface area contributed by atoms with E-state index in [1.807, 2.05) is 24.3 Å². The minimum Gasteiger partial charge on any atom is -0.494 e. The Hall–Kier alpha value is -2.39. The van der Waals surface area contributed by atoms with Gasteiger partial charge in [0.2, 0.25) is 0 Å². The zero-order valence-electron chi connectivity index (χ0n) is 20.8. The van der Waals surface area contributed by atoms with Crippen LogP contribution in [-0.4, -0.2) is 75.9 Å². The van der Waals surface area contributed by atoms with Crippen LogP contribution >= 0.6 is 35.6 Å². The molecule has 0 unspecified atom stereocenters. The first-order chi connectivity index (χ1) is 17.5. The van der Waals surface area contributed by atoms with Gasteiger partial charge in [0.05, 0.1) is 34.6 Å². The molecule has 2 aliphatic rings. The SMILES string of the molecule is CCOC(=O)CN1C(=O)COc2ccc(OCCCCN3CCN(c4cccc(Cl)c4Cl)CC3)cc21.Cl. The number of carbonyl (C=O) groups is 2. The number of amides is 1. The summed E-state index contributed by atoms with van der Waals surface area (Å²) >= 11 is 12.5. The molecule has 37 heavy (non-hydrogen) atoms. The summed E-state index contributed by atoms with van der Waals surface area (Å²) in [6.07, 6.45) is 1.92. The van der Waals surface area contributed by atoms with Crippen molar-refractivity contribution in [3.05, 3.63) is 46.4 Å². The lowest BCUT2D eigenvalue weighted by molar-refractivity contribution is -0.142. The molecule has 11 heteroatoms.